The van der Waals surface area contributed by atoms with E-state index in [1.165, 1.54) is 0 Å². The van der Waals surface area contributed by atoms with E-state index in [-0.39, 0.29) is 0 Å². The number of hydrogen-bond acceptors (Lipinski definition) is 3. The molecule has 2 rings (SSSR count). The minimum absolute atomic E-state index is 0.334. The number of aldehydes is 1. The van der Waals surface area contributed by atoms with Crippen LogP contribution in [0.5, 0.6) is 0 Å². The summed E-state index contributed by atoms with van der Waals surface area (Å²) in [5, 5.41) is 4.58. The first kappa shape index (κ1) is 10.6. The molecule has 0 spiro atoms. The van der Waals surface area contributed by atoms with E-state index in [0.717, 1.165) is 31.7 Å². The molecule has 1 saturated heterocycles. The van der Waals surface area contributed by atoms with Crippen molar-refractivity contribution in [1.82, 2.24) is 9.78 Å². The van der Waals surface area contributed by atoms with E-state index in [1.807, 2.05) is 7.05 Å². The van der Waals surface area contributed by atoms with E-state index < -0.39 is 0 Å². The molecule has 1 fully saturated rings. The molecular weight excluding hydrogens is 216 g/mol. The summed E-state index contributed by atoms with van der Waals surface area (Å²) in [4.78, 5) is 10.7. The fourth-order valence-electron chi connectivity index (χ4n) is 2.02. The maximum absolute atomic E-state index is 10.7. The number of aryl methyl sites for hydroxylation is 1. The molecule has 0 unspecified atom stereocenters. The predicted molar refractivity (Wildman–Crippen MR) is 56.4 cm³/mol. The second-order valence-electron chi connectivity index (χ2n) is 3.71. The molecule has 1 aliphatic rings. The zero-order valence-electron chi connectivity index (χ0n) is 8.57. The molecule has 0 N–H and O–H groups in total. The minimum Gasteiger partial charge on any atom is -0.381 e. The molecule has 0 saturated carbocycles. The van der Waals surface area contributed by atoms with Crippen molar-refractivity contribution < 1.29 is 9.53 Å². The van der Waals surface area contributed by atoms with Crippen LogP contribution < -0.4 is 0 Å². The van der Waals surface area contributed by atoms with E-state index in [2.05, 4.69) is 5.10 Å². The summed E-state index contributed by atoms with van der Waals surface area (Å²) in [5.41, 5.74) is 1.29. The molecule has 1 aromatic rings. The van der Waals surface area contributed by atoms with Crippen LogP contribution in [0.3, 0.4) is 0 Å². The van der Waals surface area contributed by atoms with Crippen molar-refractivity contribution in [3.8, 4) is 0 Å². The van der Waals surface area contributed by atoms with Gasteiger partial charge in [0.05, 0.1) is 10.7 Å². The highest BCUT2D eigenvalue weighted by Crippen LogP contribution is 2.32. The van der Waals surface area contributed by atoms with Crippen molar-refractivity contribution in [2.45, 2.75) is 18.8 Å². The molecule has 0 amide bonds. The summed E-state index contributed by atoms with van der Waals surface area (Å²) in [6.45, 7) is 1.51. The van der Waals surface area contributed by atoms with E-state index in [9.17, 15) is 4.79 Å². The number of aromatic nitrogens is 2. The van der Waals surface area contributed by atoms with Crippen molar-refractivity contribution in [1.29, 1.82) is 0 Å². The van der Waals surface area contributed by atoms with Gasteiger partial charge >= 0.3 is 0 Å². The smallest absolute Gasteiger partial charge is 0.171 e. The second kappa shape index (κ2) is 4.33. The topological polar surface area (TPSA) is 44.1 Å². The molecule has 0 aromatic carbocycles. The number of carbonyl (C=O) groups is 1. The van der Waals surface area contributed by atoms with Crippen LogP contribution in [0.15, 0.2) is 0 Å². The van der Waals surface area contributed by atoms with Gasteiger partial charge in [-0.15, -0.1) is 0 Å². The molecule has 5 heteroatoms. The minimum atomic E-state index is 0.334. The molecule has 15 heavy (non-hydrogen) atoms. The van der Waals surface area contributed by atoms with Crippen molar-refractivity contribution in [2.24, 2.45) is 7.05 Å². The third-order valence-corrected chi connectivity index (χ3v) is 3.16. The van der Waals surface area contributed by atoms with E-state index >= 15 is 0 Å². The lowest BCUT2D eigenvalue weighted by molar-refractivity contribution is 0.0837. The highest BCUT2D eigenvalue weighted by Gasteiger charge is 2.24. The number of ether oxygens (including phenoxy) is 1. The van der Waals surface area contributed by atoms with Crippen LogP contribution in [0.2, 0.25) is 5.02 Å². The monoisotopic (exact) mass is 228 g/mol. The Morgan fingerprint density at radius 1 is 1.53 bits per heavy atom. The van der Waals surface area contributed by atoms with E-state index in [4.69, 9.17) is 16.3 Å². The van der Waals surface area contributed by atoms with Crippen molar-refractivity contribution >= 4 is 17.9 Å². The maximum atomic E-state index is 10.7. The average molecular weight is 229 g/mol. The average Bonchev–Trinajstić information content (AvgIpc) is 2.55. The van der Waals surface area contributed by atoms with Gasteiger partial charge < -0.3 is 4.74 Å². The first-order chi connectivity index (χ1) is 7.24. The molecule has 1 aromatic heterocycles. The lowest BCUT2D eigenvalue weighted by Gasteiger charge is -2.22. The summed E-state index contributed by atoms with van der Waals surface area (Å²) >= 11 is 6.11. The molecule has 82 valence electrons. The Kier molecular flexibility index (Phi) is 3.07. The number of halogens is 1. The summed E-state index contributed by atoms with van der Waals surface area (Å²) in [5.74, 6) is 0.359. The van der Waals surface area contributed by atoms with Crippen molar-refractivity contribution in [3.63, 3.8) is 0 Å². The number of nitrogens with zero attached hydrogens (tertiary/aromatic N) is 2. The molecule has 2 heterocycles. The van der Waals surface area contributed by atoms with Gasteiger partial charge in [0.25, 0.3) is 0 Å². The fourth-order valence-corrected chi connectivity index (χ4v) is 2.38. The zero-order valence-corrected chi connectivity index (χ0v) is 9.33. The summed E-state index contributed by atoms with van der Waals surface area (Å²) in [6.07, 6.45) is 2.58. The van der Waals surface area contributed by atoms with Gasteiger partial charge in [-0.1, -0.05) is 11.6 Å². The third kappa shape index (κ3) is 1.92. The lowest BCUT2D eigenvalue weighted by Crippen LogP contribution is -2.16. The Hall–Kier alpha value is -0.870. The Bertz CT molecular complexity index is 370. The quantitative estimate of drug-likeness (QED) is 0.725. The molecule has 4 nitrogen and oxygen atoms in total. The highest BCUT2D eigenvalue weighted by atomic mass is 35.5. The van der Waals surface area contributed by atoms with Crippen molar-refractivity contribution in [3.05, 3.63) is 16.4 Å². The van der Waals surface area contributed by atoms with Gasteiger partial charge in [-0.05, 0) is 12.8 Å². The second-order valence-corrected chi connectivity index (χ2v) is 4.09. The molecule has 0 bridgehead atoms. The van der Waals surface area contributed by atoms with Crippen LogP contribution in [0.25, 0.3) is 0 Å². The summed E-state index contributed by atoms with van der Waals surface area (Å²) in [6, 6.07) is 0. The first-order valence-electron chi connectivity index (χ1n) is 4.99. The molecule has 0 aliphatic carbocycles. The van der Waals surface area contributed by atoms with Crippen LogP contribution in [0.1, 0.15) is 34.9 Å². The van der Waals surface area contributed by atoms with Gasteiger partial charge in [0, 0.05) is 26.2 Å². The fraction of sp³-hybridized carbons (Fsp3) is 0.600. The van der Waals surface area contributed by atoms with Crippen LogP contribution in [0, 0.1) is 0 Å². The SMILES string of the molecule is Cn1nc(C=O)c(Cl)c1C1CCOCC1. The van der Waals surface area contributed by atoms with Crippen LogP contribution in [-0.4, -0.2) is 29.3 Å². The Labute approximate surface area is 93.2 Å². The lowest BCUT2D eigenvalue weighted by atomic mass is 9.96. The van der Waals surface area contributed by atoms with E-state index in [1.54, 1.807) is 4.68 Å². The Morgan fingerprint density at radius 2 is 2.20 bits per heavy atom. The van der Waals surface area contributed by atoms with Gasteiger partial charge in [0.1, 0.15) is 5.69 Å². The third-order valence-electron chi connectivity index (χ3n) is 2.78. The number of carbonyl (C=O) groups excluding carboxylic acids is 1. The zero-order chi connectivity index (χ0) is 10.8. The Balaban J connectivity index is 2.33. The summed E-state index contributed by atoms with van der Waals surface area (Å²) < 4.78 is 7.00. The standard InChI is InChI=1S/C10H13ClN2O2/c1-13-10(7-2-4-15-5-3-7)9(11)8(6-14)12-13/h6-7H,2-5H2,1H3. The predicted octanol–water partition coefficient (Wildman–Crippen LogP) is 1.78. The maximum Gasteiger partial charge on any atom is 0.171 e. The molecular formula is C10H13ClN2O2. The molecule has 0 atom stereocenters. The van der Waals surface area contributed by atoms with Crippen LogP contribution in [-0.2, 0) is 11.8 Å². The molecule has 0 radical (unpaired) electrons. The van der Waals surface area contributed by atoms with Crippen LogP contribution in [0.4, 0.5) is 0 Å². The number of hydrogen-bond donors (Lipinski definition) is 0. The largest absolute Gasteiger partial charge is 0.381 e. The number of rotatable bonds is 2. The normalized spacial score (nSPS) is 18.0. The van der Waals surface area contributed by atoms with E-state index in [0.29, 0.717) is 22.9 Å². The van der Waals surface area contributed by atoms with Crippen LogP contribution >= 0.6 is 11.6 Å². The Morgan fingerprint density at radius 3 is 2.73 bits per heavy atom. The summed E-state index contributed by atoms with van der Waals surface area (Å²) in [7, 11) is 1.82. The van der Waals surface area contributed by atoms with Gasteiger partial charge in [-0.3, -0.25) is 9.48 Å². The van der Waals surface area contributed by atoms with Gasteiger partial charge in [0.15, 0.2) is 6.29 Å². The highest BCUT2D eigenvalue weighted by molar-refractivity contribution is 6.33. The van der Waals surface area contributed by atoms with Gasteiger partial charge in [-0.25, -0.2) is 0 Å². The van der Waals surface area contributed by atoms with Gasteiger partial charge in [-0.2, -0.15) is 5.10 Å². The molecule has 1 aliphatic heterocycles. The first-order valence-corrected chi connectivity index (χ1v) is 5.37. The van der Waals surface area contributed by atoms with Gasteiger partial charge in [0.2, 0.25) is 0 Å². The van der Waals surface area contributed by atoms with Crippen molar-refractivity contribution in [2.75, 3.05) is 13.2 Å².